The Morgan fingerprint density at radius 1 is 1.28 bits per heavy atom. The molecule has 25 heavy (non-hydrogen) atoms. The number of aromatic nitrogens is 4. The second kappa shape index (κ2) is 6.38. The first-order valence-corrected chi connectivity index (χ1v) is 8.00. The number of nitrogens with zero attached hydrogens (tertiary/aromatic N) is 4. The Hall–Kier alpha value is -2.58. The summed E-state index contributed by atoms with van der Waals surface area (Å²) in [4.78, 5) is 12.3. The van der Waals surface area contributed by atoms with Crippen molar-refractivity contribution in [2.24, 2.45) is 0 Å². The van der Waals surface area contributed by atoms with Gasteiger partial charge in [0.1, 0.15) is 18.1 Å². The van der Waals surface area contributed by atoms with Crippen LogP contribution >= 0.6 is 0 Å². The molecule has 8 heteroatoms. The minimum absolute atomic E-state index is 0.0256. The van der Waals surface area contributed by atoms with Crippen molar-refractivity contribution in [3.8, 4) is 0 Å². The highest BCUT2D eigenvalue weighted by Gasteiger charge is 2.42. The number of imidazole rings is 1. The molecular formula is C17H18FN5O2. The number of halogens is 1. The van der Waals surface area contributed by atoms with Gasteiger partial charge in [-0.1, -0.05) is 30.3 Å². The molecule has 0 radical (unpaired) electrons. The standard InChI is InChI=1S/C17H18FN5O2/c18-17(8-24-7-12-4-2-1-3-5-12)6-13(25-9-17)23-11-22-14-15(19)20-10-21-16(14)23/h1-5,10-11,13H,6-9H2,(H2,19,20,21)/t13-,17-/m0/s1. The van der Waals surface area contributed by atoms with Gasteiger partial charge in [-0.3, -0.25) is 4.57 Å². The van der Waals surface area contributed by atoms with E-state index in [1.807, 2.05) is 30.3 Å². The molecule has 4 rings (SSSR count). The maximum atomic E-state index is 15.0. The number of nitrogen functional groups attached to an aromatic ring is 1. The molecule has 0 aliphatic carbocycles. The number of hydrogen-bond donors (Lipinski definition) is 1. The lowest BCUT2D eigenvalue weighted by molar-refractivity contribution is -0.00391. The van der Waals surface area contributed by atoms with Gasteiger partial charge in [-0.2, -0.15) is 0 Å². The quantitative estimate of drug-likeness (QED) is 0.764. The summed E-state index contributed by atoms with van der Waals surface area (Å²) in [6, 6.07) is 9.68. The normalized spacial score (nSPS) is 23.3. The maximum Gasteiger partial charge on any atom is 0.167 e. The maximum absolute atomic E-state index is 15.0. The topological polar surface area (TPSA) is 88.1 Å². The number of hydrogen-bond acceptors (Lipinski definition) is 6. The van der Waals surface area contributed by atoms with Crippen molar-refractivity contribution in [2.75, 3.05) is 18.9 Å². The SMILES string of the molecule is Nc1ncnc2c1ncn2[C@@H]1C[C@](F)(COCc2ccccc2)CO1. The highest BCUT2D eigenvalue weighted by Crippen LogP contribution is 2.36. The van der Waals surface area contributed by atoms with Crippen LogP contribution in [0.5, 0.6) is 0 Å². The summed E-state index contributed by atoms with van der Waals surface area (Å²) in [5.41, 5.74) is 6.27. The van der Waals surface area contributed by atoms with Gasteiger partial charge in [0.15, 0.2) is 17.1 Å². The summed E-state index contributed by atoms with van der Waals surface area (Å²) in [7, 11) is 0. The van der Waals surface area contributed by atoms with Gasteiger partial charge in [0, 0.05) is 6.42 Å². The lowest BCUT2D eigenvalue weighted by Crippen LogP contribution is -2.29. The van der Waals surface area contributed by atoms with E-state index < -0.39 is 11.9 Å². The highest BCUT2D eigenvalue weighted by atomic mass is 19.1. The number of fused-ring (bicyclic) bond motifs is 1. The molecular weight excluding hydrogens is 325 g/mol. The zero-order chi connectivity index (χ0) is 17.3. The zero-order valence-electron chi connectivity index (χ0n) is 13.5. The average molecular weight is 343 g/mol. The van der Waals surface area contributed by atoms with E-state index in [2.05, 4.69) is 15.0 Å². The van der Waals surface area contributed by atoms with Gasteiger partial charge in [-0.15, -0.1) is 0 Å². The molecule has 1 saturated heterocycles. The van der Waals surface area contributed by atoms with Gasteiger partial charge in [-0.05, 0) is 5.56 Å². The van der Waals surface area contributed by atoms with E-state index in [0.717, 1.165) is 5.56 Å². The van der Waals surface area contributed by atoms with Crippen molar-refractivity contribution >= 4 is 17.0 Å². The summed E-state index contributed by atoms with van der Waals surface area (Å²) >= 11 is 0. The largest absolute Gasteiger partial charge is 0.382 e. The second-order valence-electron chi connectivity index (χ2n) is 6.18. The molecule has 0 unspecified atom stereocenters. The number of benzene rings is 1. The molecule has 3 heterocycles. The second-order valence-corrected chi connectivity index (χ2v) is 6.18. The summed E-state index contributed by atoms with van der Waals surface area (Å²) < 4.78 is 27.9. The summed E-state index contributed by atoms with van der Waals surface area (Å²) in [5, 5.41) is 0. The van der Waals surface area contributed by atoms with Crippen LogP contribution in [0.15, 0.2) is 43.0 Å². The van der Waals surface area contributed by atoms with Crippen LogP contribution in [-0.2, 0) is 16.1 Å². The van der Waals surface area contributed by atoms with Gasteiger partial charge in [-0.25, -0.2) is 19.3 Å². The minimum atomic E-state index is -1.55. The first-order chi connectivity index (χ1) is 12.1. The van der Waals surface area contributed by atoms with E-state index in [4.69, 9.17) is 15.2 Å². The van der Waals surface area contributed by atoms with Crippen LogP contribution in [0.1, 0.15) is 18.2 Å². The Morgan fingerprint density at radius 2 is 2.12 bits per heavy atom. The number of anilines is 1. The Balaban J connectivity index is 1.42. The highest BCUT2D eigenvalue weighted by molar-refractivity contribution is 5.81. The summed E-state index contributed by atoms with van der Waals surface area (Å²) in [6.07, 6.45) is 2.58. The van der Waals surface area contributed by atoms with Gasteiger partial charge in [0.05, 0.1) is 26.1 Å². The number of nitrogens with two attached hydrogens (primary N) is 1. The van der Waals surface area contributed by atoms with Crippen LogP contribution in [-0.4, -0.2) is 38.4 Å². The monoisotopic (exact) mass is 343 g/mol. The fraction of sp³-hybridized carbons (Fsp3) is 0.353. The van der Waals surface area contributed by atoms with E-state index in [0.29, 0.717) is 23.6 Å². The first-order valence-electron chi connectivity index (χ1n) is 8.00. The van der Waals surface area contributed by atoms with Crippen molar-refractivity contribution < 1.29 is 13.9 Å². The molecule has 1 fully saturated rings. The number of alkyl halides is 1. The van der Waals surface area contributed by atoms with Crippen LogP contribution in [0.3, 0.4) is 0 Å². The molecule has 7 nitrogen and oxygen atoms in total. The average Bonchev–Trinajstić information content (AvgIpc) is 3.21. The Labute approximate surface area is 143 Å². The summed E-state index contributed by atoms with van der Waals surface area (Å²) in [5.74, 6) is 0.291. The van der Waals surface area contributed by atoms with Gasteiger partial charge in [0.25, 0.3) is 0 Å². The lowest BCUT2D eigenvalue weighted by atomic mass is 10.1. The van der Waals surface area contributed by atoms with Crippen molar-refractivity contribution in [3.05, 3.63) is 48.5 Å². The molecule has 2 N–H and O–H groups in total. The third kappa shape index (κ3) is 3.18. The number of rotatable bonds is 5. The predicted molar refractivity (Wildman–Crippen MR) is 89.3 cm³/mol. The molecule has 0 bridgehead atoms. The molecule has 2 atom stereocenters. The van der Waals surface area contributed by atoms with Crippen molar-refractivity contribution in [1.82, 2.24) is 19.5 Å². The van der Waals surface area contributed by atoms with Gasteiger partial charge in [0.2, 0.25) is 0 Å². The smallest absolute Gasteiger partial charge is 0.167 e. The van der Waals surface area contributed by atoms with E-state index >= 15 is 0 Å². The third-order valence-corrected chi connectivity index (χ3v) is 4.24. The molecule has 0 saturated carbocycles. The molecule has 130 valence electrons. The lowest BCUT2D eigenvalue weighted by Gasteiger charge is -2.18. The van der Waals surface area contributed by atoms with Crippen LogP contribution < -0.4 is 5.73 Å². The van der Waals surface area contributed by atoms with Crippen LogP contribution in [0.2, 0.25) is 0 Å². The van der Waals surface area contributed by atoms with Crippen molar-refractivity contribution in [3.63, 3.8) is 0 Å². The van der Waals surface area contributed by atoms with Crippen molar-refractivity contribution in [1.29, 1.82) is 0 Å². The van der Waals surface area contributed by atoms with Gasteiger partial charge < -0.3 is 15.2 Å². The zero-order valence-corrected chi connectivity index (χ0v) is 13.5. The van der Waals surface area contributed by atoms with E-state index in [1.165, 1.54) is 6.33 Å². The molecule has 3 aromatic rings. The summed E-state index contributed by atoms with van der Waals surface area (Å²) in [6.45, 7) is 0.309. The first kappa shape index (κ1) is 15.9. The Kier molecular flexibility index (Phi) is 4.06. The van der Waals surface area contributed by atoms with Crippen molar-refractivity contribution in [2.45, 2.75) is 24.9 Å². The predicted octanol–water partition coefficient (Wildman–Crippen LogP) is 2.25. The Morgan fingerprint density at radius 3 is 2.96 bits per heavy atom. The van der Waals surface area contributed by atoms with E-state index in [1.54, 1.807) is 10.9 Å². The molecule has 1 aliphatic heterocycles. The van der Waals surface area contributed by atoms with Crippen LogP contribution in [0.4, 0.5) is 10.2 Å². The molecule has 0 amide bonds. The van der Waals surface area contributed by atoms with Crippen LogP contribution in [0.25, 0.3) is 11.2 Å². The van der Waals surface area contributed by atoms with E-state index in [-0.39, 0.29) is 19.6 Å². The molecule has 1 aromatic carbocycles. The Bertz CT molecular complexity index is 872. The molecule has 2 aromatic heterocycles. The molecule has 1 aliphatic rings. The number of ether oxygens (including phenoxy) is 2. The minimum Gasteiger partial charge on any atom is -0.382 e. The fourth-order valence-electron chi connectivity index (χ4n) is 2.96. The van der Waals surface area contributed by atoms with Crippen LogP contribution in [0, 0.1) is 0 Å². The van der Waals surface area contributed by atoms with Gasteiger partial charge >= 0.3 is 0 Å². The third-order valence-electron chi connectivity index (χ3n) is 4.24. The van der Waals surface area contributed by atoms with E-state index in [9.17, 15) is 4.39 Å². The molecule has 0 spiro atoms. The fourth-order valence-corrected chi connectivity index (χ4v) is 2.96.